The van der Waals surface area contributed by atoms with E-state index in [4.69, 9.17) is 4.74 Å². The second kappa shape index (κ2) is 7.15. The fourth-order valence-electron chi connectivity index (χ4n) is 2.61. The summed E-state index contributed by atoms with van der Waals surface area (Å²) in [7, 11) is -2.02. The zero-order valence-corrected chi connectivity index (χ0v) is 14.8. The lowest BCUT2D eigenvalue weighted by molar-refractivity contribution is 0.410. The fourth-order valence-corrected chi connectivity index (χ4v) is 4.21. The topological polar surface area (TPSA) is 55.4 Å². The van der Waals surface area contributed by atoms with Crippen molar-refractivity contribution in [1.29, 1.82) is 0 Å². The largest absolute Gasteiger partial charge is 0.496 e. The second-order valence-electron chi connectivity index (χ2n) is 5.51. The Morgan fingerprint density at radius 1 is 1.04 bits per heavy atom. The normalized spacial score (nSPS) is 12.9. The smallest absolute Gasteiger partial charge is 0.241 e. The molecule has 2 rings (SSSR count). The molecule has 0 saturated carbocycles. The molecular formula is C18H23NO3S. The average Bonchev–Trinajstić information content (AvgIpc) is 2.55. The first-order valence-electron chi connectivity index (χ1n) is 7.62. The Bertz CT molecular complexity index is 770. The number of hydrogen-bond acceptors (Lipinski definition) is 3. The minimum absolute atomic E-state index is 0.247. The van der Waals surface area contributed by atoms with Crippen molar-refractivity contribution in [2.45, 2.75) is 38.1 Å². The molecule has 0 saturated heterocycles. The summed E-state index contributed by atoms with van der Waals surface area (Å²) in [6, 6.07) is 12.7. The number of benzene rings is 2. The molecule has 0 aliphatic carbocycles. The summed E-state index contributed by atoms with van der Waals surface area (Å²) in [5.41, 5.74) is 2.50. The minimum Gasteiger partial charge on any atom is -0.496 e. The highest BCUT2D eigenvalue weighted by Crippen LogP contribution is 2.28. The van der Waals surface area contributed by atoms with E-state index in [9.17, 15) is 8.42 Å². The van der Waals surface area contributed by atoms with Crippen LogP contribution in [0.4, 0.5) is 0 Å². The van der Waals surface area contributed by atoms with E-state index in [-0.39, 0.29) is 6.04 Å². The standard InChI is InChI=1S/C18H23NO3S/c1-5-16(15-9-7-6-8-10-15)19-23(20,21)18-12-11-17(22-4)13(2)14(18)3/h6-12,16,19H,5H2,1-4H3/t16-/m1/s1. The van der Waals surface area contributed by atoms with Gasteiger partial charge in [0.05, 0.1) is 12.0 Å². The van der Waals surface area contributed by atoms with Crippen LogP contribution in [0.5, 0.6) is 5.75 Å². The molecule has 124 valence electrons. The van der Waals surface area contributed by atoms with Crippen molar-refractivity contribution in [3.63, 3.8) is 0 Å². The SMILES string of the molecule is CC[C@@H](NS(=O)(=O)c1ccc(OC)c(C)c1C)c1ccccc1. The lowest BCUT2D eigenvalue weighted by atomic mass is 10.1. The number of ether oxygens (including phenoxy) is 1. The van der Waals surface area contributed by atoms with Gasteiger partial charge in [-0.15, -0.1) is 0 Å². The monoisotopic (exact) mass is 333 g/mol. The Morgan fingerprint density at radius 2 is 1.70 bits per heavy atom. The maximum Gasteiger partial charge on any atom is 0.241 e. The lowest BCUT2D eigenvalue weighted by Gasteiger charge is -2.19. The Balaban J connectivity index is 2.37. The Kier molecular flexibility index (Phi) is 5.44. The van der Waals surface area contributed by atoms with Crippen molar-refractivity contribution >= 4 is 10.0 Å². The van der Waals surface area contributed by atoms with Gasteiger partial charge in [-0.3, -0.25) is 0 Å². The van der Waals surface area contributed by atoms with Gasteiger partial charge in [0, 0.05) is 6.04 Å². The van der Waals surface area contributed by atoms with Crippen LogP contribution in [-0.4, -0.2) is 15.5 Å². The summed E-state index contributed by atoms with van der Waals surface area (Å²) in [5, 5.41) is 0. The van der Waals surface area contributed by atoms with Crippen LogP contribution < -0.4 is 9.46 Å². The molecule has 1 atom stereocenters. The fraction of sp³-hybridized carbons (Fsp3) is 0.333. The first-order chi connectivity index (χ1) is 10.9. The summed E-state index contributed by atoms with van der Waals surface area (Å²) < 4.78 is 33.7. The summed E-state index contributed by atoms with van der Waals surface area (Å²) in [6.45, 7) is 5.63. The third-order valence-corrected chi connectivity index (χ3v) is 5.72. The molecule has 4 nitrogen and oxygen atoms in total. The molecule has 2 aromatic carbocycles. The molecule has 0 fully saturated rings. The zero-order chi connectivity index (χ0) is 17.0. The molecule has 5 heteroatoms. The predicted molar refractivity (Wildman–Crippen MR) is 92.3 cm³/mol. The minimum atomic E-state index is -3.60. The third-order valence-electron chi connectivity index (χ3n) is 4.10. The van der Waals surface area contributed by atoms with E-state index in [1.807, 2.05) is 44.2 Å². The maximum atomic E-state index is 12.8. The summed E-state index contributed by atoms with van der Waals surface area (Å²) in [5.74, 6) is 0.691. The lowest BCUT2D eigenvalue weighted by Crippen LogP contribution is -2.29. The zero-order valence-electron chi connectivity index (χ0n) is 14.0. The van der Waals surface area contributed by atoms with Crippen LogP contribution in [0.25, 0.3) is 0 Å². The highest BCUT2D eigenvalue weighted by Gasteiger charge is 2.23. The van der Waals surface area contributed by atoms with Crippen molar-refractivity contribution in [2.24, 2.45) is 0 Å². The van der Waals surface area contributed by atoms with Crippen molar-refractivity contribution in [3.8, 4) is 5.75 Å². The van der Waals surface area contributed by atoms with Crippen molar-refractivity contribution < 1.29 is 13.2 Å². The van der Waals surface area contributed by atoms with E-state index in [1.165, 1.54) is 0 Å². The number of methoxy groups -OCH3 is 1. The molecule has 23 heavy (non-hydrogen) atoms. The van der Waals surface area contributed by atoms with Crippen LogP contribution in [0.2, 0.25) is 0 Å². The van der Waals surface area contributed by atoms with Gasteiger partial charge in [0.1, 0.15) is 5.75 Å². The molecule has 0 amide bonds. The van der Waals surface area contributed by atoms with E-state index in [1.54, 1.807) is 26.2 Å². The van der Waals surface area contributed by atoms with Crippen molar-refractivity contribution in [3.05, 3.63) is 59.2 Å². The Labute approximate surface area is 138 Å². The molecule has 0 aliphatic heterocycles. The predicted octanol–water partition coefficient (Wildman–Crippen LogP) is 3.74. The number of hydrogen-bond donors (Lipinski definition) is 1. The van der Waals surface area contributed by atoms with Gasteiger partial charge in [-0.1, -0.05) is 37.3 Å². The summed E-state index contributed by atoms with van der Waals surface area (Å²) in [4.78, 5) is 0.296. The number of rotatable bonds is 6. The van der Waals surface area contributed by atoms with Gasteiger partial charge < -0.3 is 4.74 Å². The van der Waals surface area contributed by atoms with E-state index in [0.29, 0.717) is 22.6 Å². The third kappa shape index (κ3) is 3.74. The van der Waals surface area contributed by atoms with E-state index >= 15 is 0 Å². The molecule has 0 heterocycles. The molecule has 0 unspecified atom stereocenters. The van der Waals surface area contributed by atoms with Crippen LogP contribution in [-0.2, 0) is 10.0 Å². The van der Waals surface area contributed by atoms with Crippen molar-refractivity contribution in [1.82, 2.24) is 4.72 Å². The molecule has 0 spiro atoms. The average molecular weight is 333 g/mol. The van der Waals surface area contributed by atoms with Gasteiger partial charge in [0.15, 0.2) is 0 Å². The number of sulfonamides is 1. The first kappa shape index (κ1) is 17.5. The van der Waals surface area contributed by atoms with Gasteiger partial charge in [-0.25, -0.2) is 13.1 Å². The van der Waals surface area contributed by atoms with Crippen LogP contribution >= 0.6 is 0 Å². The summed E-state index contributed by atoms with van der Waals surface area (Å²) in [6.07, 6.45) is 0.678. The highest BCUT2D eigenvalue weighted by molar-refractivity contribution is 7.89. The molecule has 2 aromatic rings. The van der Waals surface area contributed by atoms with Gasteiger partial charge in [0.25, 0.3) is 0 Å². The molecule has 0 aliphatic rings. The molecule has 0 bridgehead atoms. The molecule has 0 aromatic heterocycles. The van der Waals surface area contributed by atoms with Gasteiger partial charge >= 0.3 is 0 Å². The molecule has 0 radical (unpaired) electrons. The van der Waals surface area contributed by atoms with Crippen LogP contribution in [0, 0.1) is 13.8 Å². The van der Waals surface area contributed by atoms with Crippen molar-refractivity contribution in [2.75, 3.05) is 7.11 Å². The molecule has 1 N–H and O–H groups in total. The van der Waals surface area contributed by atoms with E-state index in [2.05, 4.69) is 4.72 Å². The first-order valence-corrected chi connectivity index (χ1v) is 9.10. The molecular weight excluding hydrogens is 310 g/mol. The Hall–Kier alpha value is -1.85. The van der Waals surface area contributed by atoms with Crippen LogP contribution in [0.15, 0.2) is 47.4 Å². The van der Waals surface area contributed by atoms with E-state index in [0.717, 1.165) is 11.1 Å². The van der Waals surface area contributed by atoms with Gasteiger partial charge in [-0.2, -0.15) is 0 Å². The van der Waals surface area contributed by atoms with Gasteiger partial charge in [-0.05, 0) is 49.1 Å². The number of nitrogens with one attached hydrogen (secondary N) is 1. The quantitative estimate of drug-likeness (QED) is 0.876. The van der Waals surface area contributed by atoms with E-state index < -0.39 is 10.0 Å². The van der Waals surface area contributed by atoms with Crippen LogP contribution in [0.3, 0.4) is 0 Å². The highest BCUT2D eigenvalue weighted by atomic mass is 32.2. The Morgan fingerprint density at radius 3 is 2.26 bits per heavy atom. The van der Waals surface area contributed by atoms with Crippen LogP contribution in [0.1, 0.15) is 36.1 Å². The summed E-state index contributed by atoms with van der Waals surface area (Å²) >= 11 is 0. The second-order valence-corrected chi connectivity index (χ2v) is 7.19. The maximum absolute atomic E-state index is 12.8. The van der Waals surface area contributed by atoms with Gasteiger partial charge in [0.2, 0.25) is 10.0 Å².